The smallest absolute Gasteiger partial charge is 0.231 e. The van der Waals surface area contributed by atoms with Crippen LogP contribution in [0.2, 0.25) is 0 Å². The average Bonchev–Trinajstić information content (AvgIpc) is 3.44. The number of Topliss-reactive ketones (excluding diaryl/α,β-unsaturated/α-hetero) is 1. The summed E-state index contributed by atoms with van der Waals surface area (Å²) in [5.74, 6) is 1.21. The van der Waals surface area contributed by atoms with Gasteiger partial charge < -0.3 is 24.0 Å². The molecule has 2 aliphatic heterocycles. The molecule has 0 saturated carbocycles. The van der Waals surface area contributed by atoms with Crippen LogP contribution in [0.15, 0.2) is 42.3 Å². The first-order valence-corrected chi connectivity index (χ1v) is 10.3. The number of hydrogen-bond donors (Lipinski definition) is 1. The lowest BCUT2D eigenvalue weighted by Crippen LogP contribution is -3.08. The number of aryl methyl sites for hydroxylation is 1. The molecule has 30 heavy (non-hydrogen) atoms. The lowest BCUT2D eigenvalue weighted by Gasteiger charge is -2.19. The van der Waals surface area contributed by atoms with Gasteiger partial charge in [-0.2, -0.15) is 0 Å². The van der Waals surface area contributed by atoms with Crippen LogP contribution in [0.1, 0.15) is 34.3 Å². The van der Waals surface area contributed by atoms with E-state index in [9.17, 15) is 9.90 Å². The number of allylic oxidation sites excluding steroid dienone is 1. The Hall–Kier alpha value is -3.25. The first-order valence-electron chi connectivity index (χ1n) is 10.3. The molecule has 6 heteroatoms. The maximum atomic E-state index is 13.0. The third-order valence-electron chi connectivity index (χ3n) is 6.15. The number of carbonyl (C=O) groups excluding carboxylic acids is 1. The van der Waals surface area contributed by atoms with E-state index in [1.165, 1.54) is 23.8 Å². The Labute approximate surface area is 174 Å². The van der Waals surface area contributed by atoms with E-state index >= 15 is 0 Å². The molecule has 0 amide bonds. The number of rotatable bonds is 4. The average molecular weight is 404 g/mol. The standard InChI is InChI=1S/C24H24N2O4/c1-25-13-15(18-12-16(29-2)5-7-20(18)25)11-22-23(28)17-6-8-21(27)19(24(17)30-22)14-26-9-3-4-10-26/h5-8,11-13,27H,3-4,9-10,14H2,1-2H3. The molecule has 0 radical (unpaired) electrons. The molecule has 3 heterocycles. The number of methoxy groups -OCH3 is 1. The SMILES string of the molecule is COc1ccc2c(c1)c(C=C1Oc3c(ccc([O-])c3C[NH+]3CCCC3)C1=O)cn2C. The second-order valence-corrected chi connectivity index (χ2v) is 8.07. The van der Waals surface area contributed by atoms with Crippen molar-refractivity contribution >= 4 is 22.8 Å². The van der Waals surface area contributed by atoms with Crippen LogP contribution in [-0.2, 0) is 13.6 Å². The van der Waals surface area contributed by atoms with E-state index in [0.29, 0.717) is 23.4 Å². The number of quaternary nitrogens is 1. The number of nitrogens with zero attached hydrogens (tertiary/aromatic N) is 1. The number of ether oxygens (including phenoxy) is 2. The lowest BCUT2D eigenvalue weighted by molar-refractivity contribution is -0.901. The highest BCUT2D eigenvalue weighted by Crippen LogP contribution is 2.39. The molecule has 3 aromatic rings. The summed E-state index contributed by atoms with van der Waals surface area (Å²) < 4.78 is 13.4. The number of ketones is 1. The molecule has 1 saturated heterocycles. The molecule has 2 aliphatic rings. The molecule has 6 nitrogen and oxygen atoms in total. The van der Waals surface area contributed by atoms with Gasteiger partial charge >= 0.3 is 0 Å². The van der Waals surface area contributed by atoms with E-state index in [0.717, 1.165) is 35.3 Å². The summed E-state index contributed by atoms with van der Waals surface area (Å²) in [5.41, 5.74) is 3.00. The van der Waals surface area contributed by atoms with Crippen LogP contribution in [0.4, 0.5) is 0 Å². The van der Waals surface area contributed by atoms with Gasteiger partial charge in [-0.15, -0.1) is 0 Å². The second kappa shape index (κ2) is 7.22. The molecular formula is C24H24N2O4. The number of carbonyl (C=O) groups is 1. The molecule has 2 aromatic carbocycles. The molecule has 5 rings (SSSR count). The van der Waals surface area contributed by atoms with E-state index in [1.54, 1.807) is 19.3 Å². The van der Waals surface area contributed by atoms with E-state index in [-0.39, 0.29) is 17.3 Å². The molecule has 0 aliphatic carbocycles. The fourth-order valence-electron chi connectivity index (χ4n) is 4.54. The number of likely N-dealkylation sites (tertiary alicyclic amines) is 1. The highest BCUT2D eigenvalue weighted by atomic mass is 16.5. The number of fused-ring (bicyclic) bond motifs is 2. The molecule has 1 fully saturated rings. The summed E-state index contributed by atoms with van der Waals surface area (Å²) in [6.45, 7) is 2.71. The first kappa shape index (κ1) is 18.8. The van der Waals surface area contributed by atoms with Gasteiger partial charge in [0.15, 0.2) is 5.76 Å². The van der Waals surface area contributed by atoms with Gasteiger partial charge in [0.25, 0.3) is 0 Å². The maximum Gasteiger partial charge on any atom is 0.231 e. The lowest BCUT2D eigenvalue weighted by atomic mass is 10.0. The van der Waals surface area contributed by atoms with Crippen molar-refractivity contribution in [2.75, 3.05) is 20.2 Å². The fourth-order valence-corrected chi connectivity index (χ4v) is 4.54. The Kier molecular flexibility index (Phi) is 4.51. The third-order valence-corrected chi connectivity index (χ3v) is 6.15. The molecular weight excluding hydrogens is 380 g/mol. The van der Waals surface area contributed by atoms with Crippen molar-refractivity contribution in [3.63, 3.8) is 0 Å². The molecule has 1 aromatic heterocycles. The molecule has 154 valence electrons. The summed E-state index contributed by atoms with van der Waals surface area (Å²) in [4.78, 5) is 14.4. The van der Waals surface area contributed by atoms with Crippen LogP contribution in [0.5, 0.6) is 17.2 Å². The summed E-state index contributed by atoms with van der Waals surface area (Å²) in [6.07, 6.45) is 6.08. The highest BCUT2D eigenvalue weighted by Gasteiger charge is 2.31. The van der Waals surface area contributed by atoms with Crippen LogP contribution in [0.3, 0.4) is 0 Å². The minimum Gasteiger partial charge on any atom is -0.872 e. The van der Waals surface area contributed by atoms with Gasteiger partial charge in [-0.05, 0) is 30.3 Å². The van der Waals surface area contributed by atoms with Crippen molar-refractivity contribution in [1.82, 2.24) is 4.57 Å². The van der Waals surface area contributed by atoms with E-state index in [1.807, 2.05) is 36.0 Å². The summed E-state index contributed by atoms with van der Waals surface area (Å²) in [7, 11) is 3.59. The zero-order valence-electron chi connectivity index (χ0n) is 17.2. The number of hydrogen-bond acceptors (Lipinski definition) is 4. The summed E-state index contributed by atoms with van der Waals surface area (Å²) >= 11 is 0. The van der Waals surface area contributed by atoms with Crippen LogP contribution in [0.25, 0.3) is 17.0 Å². The van der Waals surface area contributed by atoms with Crippen molar-refractivity contribution in [3.8, 4) is 17.2 Å². The zero-order chi connectivity index (χ0) is 20.8. The summed E-state index contributed by atoms with van der Waals surface area (Å²) in [5, 5.41) is 13.5. The van der Waals surface area contributed by atoms with Crippen LogP contribution < -0.4 is 19.5 Å². The normalized spacial score (nSPS) is 17.7. The molecule has 0 spiro atoms. The predicted molar refractivity (Wildman–Crippen MR) is 112 cm³/mol. The van der Waals surface area contributed by atoms with E-state index < -0.39 is 0 Å². The number of aromatic nitrogens is 1. The molecule has 0 bridgehead atoms. The van der Waals surface area contributed by atoms with Crippen LogP contribution in [0, 0.1) is 0 Å². The van der Waals surface area contributed by atoms with Gasteiger partial charge in [0.2, 0.25) is 5.78 Å². The van der Waals surface area contributed by atoms with Crippen molar-refractivity contribution in [1.29, 1.82) is 0 Å². The Bertz CT molecular complexity index is 1190. The van der Waals surface area contributed by atoms with Crippen LogP contribution >= 0.6 is 0 Å². The quantitative estimate of drug-likeness (QED) is 0.676. The topological polar surface area (TPSA) is 68.0 Å². The number of benzene rings is 2. The minimum absolute atomic E-state index is 0.0582. The fraction of sp³-hybridized carbons (Fsp3) is 0.292. The van der Waals surface area contributed by atoms with Crippen LogP contribution in [-0.4, -0.2) is 30.5 Å². The largest absolute Gasteiger partial charge is 0.872 e. The highest BCUT2D eigenvalue weighted by molar-refractivity contribution is 6.15. The summed E-state index contributed by atoms with van der Waals surface area (Å²) in [6, 6.07) is 8.94. The molecule has 0 unspecified atom stereocenters. The first-order chi connectivity index (χ1) is 14.5. The van der Waals surface area contributed by atoms with Crippen molar-refractivity contribution in [2.24, 2.45) is 7.05 Å². The van der Waals surface area contributed by atoms with Gasteiger partial charge in [0.1, 0.15) is 18.0 Å². The predicted octanol–water partition coefficient (Wildman–Crippen LogP) is 2.06. The molecule has 0 atom stereocenters. The monoisotopic (exact) mass is 404 g/mol. The maximum absolute atomic E-state index is 13.0. The second-order valence-electron chi connectivity index (χ2n) is 8.07. The van der Waals surface area contributed by atoms with Crippen molar-refractivity contribution in [2.45, 2.75) is 19.4 Å². The van der Waals surface area contributed by atoms with Gasteiger partial charge in [-0.25, -0.2) is 0 Å². The van der Waals surface area contributed by atoms with Gasteiger partial charge in [-0.1, -0.05) is 11.8 Å². The van der Waals surface area contributed by atoms with Gasteiger partial charge in [-0.3, -0.25) is 4.79 Å². The number of nitrogens with one attached hydrogen (secondary N) is 1. The Balaban J connectivity index is 1.54. The minimum atomic E-state index is -0.178. The zero-order valence-corrected chi connectivity index (χ0v) is 17.2. The van der Waals surface area contributed by atoms with Crippen molar-refractivity contribution < 1.29 is 24.3 Å². The third kappa shape index (κ3) is 3.04. The Morgan fingerprint density at radius 1 is 1.23 bits per heavy atom. The Morgan fingerprint density at radius 3 is 2.80 bits per heavy atom. The van der Waals surface area contributed by atoms with E-state index in [2.05, 4.69) is 0 Å². The van der Waals surface area contributed by atoms with Crippen molar-refractivity contribution in [3.05, 3.63) is 59.0 Å². The Morgan fingerprint density at radius 2 is 2.03 bits per heavy atom. The van der Waals surface area contributed by atoms with Gasteiger partial charge in [0, 0.05) is 48.1 Å². The van der Waals surface area contributed by atoms with Gasteiger partial charge in [0.05, 0.1) is 25.8 Å². The molecule has 1 N–H and O–H groups in total. The van der Waals surface area contributed by atoms with E-state index in [4.69, 9.17) is 9.47 Å².